The van der Waals surface area contributed by atoms with E-state index in [0.717, 1.165) is 29.8 Å². The van der Waals surface area contributed by atoms with E-state index in [2.05, 4.69) is 0 Å². The Balaban J connectivity index is 1.81. The average molecular weight is 385 g/mol. The van der Waals surface area contributed by atoms with Gasteiger partial charge in [0.25, 0.3) is 5.56 Å². The minimum Gasteiger partial charge on any atom is -0.338 e. The third-order valence-electron chi connectivity index (χ3n) is 5.55. The number of hydrogen-bond acceptors (Lipinski definition) is 2. The number of amides is 1. The highest BCUT2D eigenvalue weighted by molar-refractivity contribution is 6.30. The van der Waals surface area contributed by atoms with Gasteiger partial charge in [0.2, 0.25) is 5.91 Å². The minimum atomic E-state index is -0.0173. The van der Waals surface area contributed by atoms with Crippen LogP contribution in [0.2, 0.25) is 5.02 Å². The summed E-state index contributed by atoms with van der Waals surface area (Å²) in [5.41, 5.74) is 3.77. The summed E-state index contributed by atoms with van der Waals surface area (Å²) >= 11 is 6.16. The maximum absolute atomic E-state index is 13.3. The zero-order valence-electron chi connectivity index (χ0n) is 15.9. The summed E-state index contributed by atoms with van der Waals surface area (Å²) in [7, 11) is 0. The van der Waals surface area contributed by atoms with E-state index >= 15 is 0 Å². The van der Waals surface area contributed by atoms with E-state index in [-0.39, 0.29) is 17.4 Å². The molecule has 0 N–H and O–H groups in total. The third kappa shape index (κ3) is 3.68. The Morgan fingerprint density at radius 1 is 1.26 bits per heavy atom. The highest BCUT2D eigenvalue weighted by atomic mass is 35.5. The SMILES string of the molecule is CC(C)C(=O)N1CCc2c(cc(-c3cccc(Cl)c3)c(=O)n2CC2CC2)C1. The van der Waals surface area contributed by atoms with Crippen molar-refractivity contribution in [3.05, 3.63) is 57.0 Å². The number of carbonyl (C=O) groups excluding carboxylic acids is 1. The fraction of sp³-hybridized carbons (Fsp3) is 0.455. The number of hydrogen-bond donors (Lipinski definition) is 0. The molecule has 1 aliphatic heterocycles. The van der Waals surface area contributed by atoms with Crippen LogP contribution in [-0.2, 0) is 24.3 Å². The van der Waals surface area contributed by atoms with Gasteiger partial charge in [-0.2, -0.15) is 0 Å². The smallest absolute Gasteiger partial charge is 0.258 e. The molecule has 4 nitrogen and oxygen atoms in total. The summed E-state index contributed by atoms with van der Waals surface area (Å²) in [5.74, 6) is 0.762. The Kier molecular flexibility index (Phi) is 4.85. The molecule has 4 rings (SSSR count). The molecule has 2 aromatic rings. The Labute approximate surface area is 164 Å². The van der Waals surface area contributed by atoms with Gasteiger partial charge in [-0.1, -0.05) is 37.6 Å². The lowest BCUT2D eigenvalue weighted by Crippen LogP contribution is -2.41. The normalized spacial score (nSPS) is 16.5. The number of carbonyl (C=O) groups is 1. The van der Waals surface area contributed by atoms with Crippen molar-refractivity contribution >= 4 is 17.5 Å². The molecule has 1 aromatic heterocycles. The van der Waals surface area contributed by atoms with Crippen molar-refractivity contribution < 1.29 is 4.79 Å². The fourth-order valence-corrected chi connectivity index (χ4v) is 4.08. The summed E-state index contributed by atoms with van der Waals surface area (Å²) in [6.45, 7) is 5.91. The maximum Gasteiger partial charge on any atom is 0.258 e. The van der Waals surface area contributed by atoms with E-state index in [9.17, 15) is 9.59 Å². The van der Waals surface area contributed by atoms with Gasteiger partial charge in [-0.15, -0.1) is 0 Å². The van der Waals surface area contributed by atoms with Crippen LogP contribution >= 0.6 is 11.6 Å². The number of fused-ring (bicyclic) bond motifs is 1. The Morgan fingerprint density at radius 2 is 2.04 bits per heavy atom. The number of aromatic nitrogens is 1. The zero-order chi connectivity index (χ0) is 19.1. The molecule has 1 amide bonds. The Hall–Kier alpha value is -2.07. The first-order valence-electron chi connectivity index (χ1n) is 9.74. The topological polar surface area (TPSA) is 42.3 Å². The van der Waals surface area contributed by atoms with Gasteiger partial charge in [-0.25, -0.2) is 0 Å². The highest BCUT2D eigenvalue weighted by Crippen LogP contribution is 2.32. The van der Waals surface area contributed by atoms with Gasteiger partial charge in [-0.3, -0.25) is 9.59 Å². The van der Waals surface area contributed by atoms with Gasteiger partial charge in [0.05, 0.1) is 0 Å². The molecule has 1 aliphatic carbocycles. The van der Waals surface area contributed by atoms with E-state index in [1.54, 1.807) is 0 Å². The molecule has 27 heavy (non-hydrogen) atoms. The van der Waals surface area contributed by atoms with Crippen LogP contribution < -0.4 is 5.56 Å². The molecule has 0 unspecified atom stereocenters. The van der Waals surface area contributed by atoms with Gasteiger partial charge >= 0.3 is 0 Å². The summed E-state index contributed by atoms with van der Waals surface area (Å²) in [6, 6.07) is 9.43. The van der Waals surface area contributed by atoms with Gasteiger partial charge in [0.15, 0.2) is 0 Å². The van der Waals surface area contributed by atoms with Crippen molar-refractivity contribution in [2.45, 2.75) is 46.2 Å². The lowest BCUT2D eigenvalue weighted by molar-refractivity contribution is -0.135. The van der Waals surface area contributed by atoms with E-state index in [1.165, 1.54) is 12.8 Å². The van der Waals surface area contributed by atoms with Crippen LogP contribution in [0.25, 0.3) is 11.1 Å². The van der Waals surface area contributed by atoms with Gasteiger partial charge in [-0.05, 0) is 48.1 Å². The molecule has 2 aliphatic rings. The van der Waals surface area contributed by atoms with Crippen LogP contribution in [0, 0.1) is 11.8 Å². The van der Waals surface area contributed by atoms with Crippen molar-refractivity contribution in [2.75, 3.05) is 6.54 Å². The van der Waals surface area contributed by atoms with E-state index in [4.69, 9.17) is 11.6 Å². The van der Waals surface area contributed by atoms with Crippen LogP contribution in [0.1, 0.15) is 37.9 Å². The van der Waals surface area contributed by atoms with Crippen molar-refractivity contribution in [1.82, 2.24) is 9.47 Å². The molecule has 1 saturated carbocycles. The number of rotatable bonds is 4. The predicted octanol–water partition coefficient (Wildman–Crippen LogP) is 4.12. The number of halogens is 1. The van der Waals surface area contributed by atoms with Crippen molar-refractivity contribution in [1.29, 1.82) is 0 Å². The first-order chi connectivity index (χ1) is 12.9. The summed E-state index contributed by atoms with van der Waals surface area (Å²) in [4.78, 5) is 27.7. The monoisotopic (exact) mass is 384 g/mol. The lowest BCUT2D eigenvalue weighted by atomic mass is 9.98. The molecule has 0 spiro atoms. The third-order valence-corrected chi connectivity index (χ3v) is 5.78. The minimum absolute atomic E-state index is 0.0173. The molecular formula is C22H25ClN2O2. The first-order valence-corrected chi connectivity index (χ1v) is 10.1. The summed E-state index contributed by atoms with van der Waals surface area (Å²) < 4.78 is 1.97. The second-order valence-corrected chi connectivity index (χ2v) is 8.50. The van der Waals surface area contributed by atoms with Crippen LogP contribution in [0.4, 0.5) is 0 Å². The van der Waals surface area contributed by atoms with E-state index < -0.39 is 0 Å². The second-order valence-electron chi connectivity index (χ2n) is 8.06. The van der Waals surface area contributed by atoms with Crippen molar-refractivity contribution in [2.24, 2.45) is 11.8 Å². The Bertz CT molecular complexity index is 944. The second kappa shape index (κ2) is 7.16. The van der Waals surface area contributed by atoms with Crippen LogP contribution in [0.3, 0.4) is 0 Å². The molecule has 0 bridgehead atoms. The number of benzene rings is 1. The lowest BCUT2D eigenvalue weighted by Gasteiger charge is -2.32. The van der Waals surface area contributed by atoms with Crippen LogP contribution in [-0.4, -0.2) is 21.9 Å². The molecule has 0 atom stereocenters. The van der Waals surface area contributed by atoms with Gasteiger partial charge in [0.1, 0.15) is 0 Å². The molecule has 2 heterocycles. The molecule has 5 heteroatoms. The molecule has 1 aromatic carbocycles. The molecule has 0 saturated heterocycles. The highest BCUT2D eigenvalue weighted by Gasteiger charge is 2.29. The maximum atomic E-state index is 13.3. The largest absolute Gasteiger partial charge is 0.338 e. The predicted molar refractivity (Wildman–Crippen MR) is 108 cm³/mol. The van der Waals surface area contributed by atoms with Crippen molar-refractivity contribution in [3.63, 3.8) is 0 Å². The summed E-state index contributed by atoms with van der Waals surface area (Å²) in [6.07, 6.45) is 3.13. The van der Waals surface area contributed by atoms with Crippen LogP contribution in [0.15, 0.2) is 35.1 Å². The van der Waals surface area contributed by atoms with Gasteiger partial charge < -0.3 is 9.47 Å². The first kappa shape index (κ1) is 18.3. The summed E-state index contributed by atoms with van der Waals surface area (Å²) in [5, 5.41) is 0.620. The zero-order valence-corrected chi connectivity index (χ0v) is 16.6. The number of pyridine rings is 1. The quantitative estimate of drug-likeness (QED) is 0.795. The molecule has 1 fully saturated rings. The Morgan fingerprint density at radius 3 is 2.70 bits per heavy atom. The van der Waals surface area contributed by atoms with Gasteiger partial charge in [0, 0.05) is 48.3 Å². The average Bonchev–Trinajstić information content (AvgIpc) is 3.47. The number of nitrogens with zero attached hydrogens (tertiary/aromatic N) is 2. The van der Waals surface area contributed by atoms with Crippen LogP contribution in [0.5, 0.6) is 0 Å². The van der Waals surface area contributed by atoms with E-state index in [1.807, 2.05) is 53.6 Å². The molecule has 0 radical (unpaired) electrons. The fourth-order valence-electron chi connectivity index (χ4n) is 3.89. The molecule has 142 valence electrons. The van der Waals surface area contributed by atoms with Crippen molar-refractivity contribution in [3.8, 4) is 11.1 Å². The van der Waals surface area contributed by atoms with E-state index in [0.29, 0.717) is 29.6 Å². The molecular weight excluding hydrogens is 360 g/mol. The standard InChI is InChI=1S/C22H25ClN2O2/c1-14(2)21(26)24-9-8-20-17(13-24)11-19(16-4-3-5-18(23)10-16)22(27)25(20)12-15-6-7-15/h3-5,10-11,14-15H,6-9,12-13H2,1-2H3.